The summed E-state index contributed by atoms with van der Waals surface area (Å²) >= 11 is 13.0. The molecule has 0 radical (unpaired) electrons. The molecule has 0 spiro atoms. The molecule has 0 N–H and O–H groups in total. The number of aryl methyl sites for hydroxylation is 1. The first-order valence-corrected chi connectivity index (χ1v) is 10.2. The van der Waals surface area contributed by atoms with Gasteiger partial charge in [0.1, 0.15) is 6.04 Å². The molecule has 144 valence electrons. The number of halogens is 2. The molecule has 0 saturated carbocycles. The van der Waals surface area contributed by atoms with Gasteiger partial charge < -0.3 is 0 Å². The number of rotatable bonds is 2. The van der Waals surface area contributed by atoms with Crippen molar-refractivity contribution in [2.75, 3.05) is 18.0 Å². The Bertz CT molecular complexity index is 958. The maximum Gasteiger partial charge on any atom is 0.253 e. The minimum Gasteiger partial charge on any atom is -0.274 e. The Balaban J connectivity index is 1.62. The van der Waals surface area contributed by atoms with E-state index in [0.717, 1.165) is 30.6 Å². The topological polar surface area (TPSA) is 43.9 Å². The van der Waals surface area contributed by atoms with Crippen molar-refractivity contribution in [3.05, 3.63) is 63.6 Å². The second-order valence-electron chi connectivity index (χ2n) is 7.58. The molecule has 3 atom stereocenters. The Morgan fingerprint density at radius 3 is 2.11 bits per heavy atom. The first-order valence-electron chi connectivity index (χ1n) is 9.40. The highest BCUT2D eigenvalue weighted by Crippen LogP contribution is 2.51. The predicted molar refractivity (Wildman–Crippen MR) is 108 cm³/mol. The van der Waals surface area contributed by atoms with Crippen LogP contribution >= 0.6 is 23.2 Å². The molecule has 5 rings (SSSR count). The van der Waals surface area contributed by atoms with Gasteiger partial charge in [0, 0.05) is 28.7 Å². The first kappa shape index (κ1) is 18.1. The Morgan fingerprint density at radius 2 is 1.46 bits per heavy atom. The zero-order valence-electron chi connectivity index (χ0n) is 15.3. The molecule has 0 aliphatic carbocycles. The summed E-state index contributed by atoms with van der Waals surface area (Å²) in [5, 5.41) is 5.21. The lowest BCUT2D eigenvalue weighted by atomic mass is 9.89. The van der Waals surface area contributed by atoms with Crippen LogP contribution in [-0.2, 0) is 9.59 Å². The summed E-state index contributed by atoms with van der Waals surface area (Å²) in [6, 6.07) is 12.0. The van der Waals surface area contributed by atoms with Crippen molar-refractivity contribution >= 4 is 40.7 Å². The Kier molecular flexibility index (Phi) is 4.25. The van der Waals surface area contributed by atoms with Gasteiger partial charge in [-0.25, -0.2) is 14.9 Å². The Morgan fingerprint density at radius 1 is 0.857 bits per heavy atom. The number of benzene rings is 2. The molecule has 3 heterocycles. The maximum absolute atomic E-state index is 13.5. The van der Waals surface area contributed by atoms with E-state index in [1.807, 2.05) is 36.2 Å². The number of carbonyl (C=O) groups is 2. The third-order valence-electron chi connectivity index (χ3n) is 5.99. The standard InChI is InChI=1S/C21H19Cl2N3O2/c1-12-6-8-13(9-7-12)26-20(27)17-18(16-14(22)4-2-5-15(16)23)24-10-3-11-25(24)19(17)21(26)28/h2,4-9,17-19H,3,10-11H2,1H3. The number of nitrogens with zero attached hydrogens (tertiary/aromatic N) is 3. The van der Waals surface area contributed by atoms with Gasteiger partial charge in [-0.2, -0.15) is 0 Å². The normalized spacial score (nSPS) is 27.5. The number of fused-ring (bicyclic) bond motifs is 3. The summed E-state index contributed by atoms with van der Waals surface area (Å²) in [5.74, 6) is -0.878. The van der Waals surface area contributed by atoms with Gasteiger partial charge in [0.25, 0.3) is 5.91 Å². The molecule has 3 unspecified atom stereocenters. The smallest absolute Gasteiger partial charge is 0.253 e. The van der Waals surface area contributed by atoms with E-state index in [-0.39, 0.29) is 17.9 Å². The summed E-state index contributed by atoms with van der Waals surface area (Å²) in [6.45, 7) is 3.51. The number of hydrogen-bond acceptors (Lipinski definition) is 4. The van der Waals surface area contributed by atoms with Crippen molar-refractivity contribution in [1.82, 2.24) is 10.0 Å². The van der Waals surface area contributed by atoms with Crippen LogP contribution in [0.2, 0.25) is 10.0 Å². The zero-order chi connectivity index (χ0) is 19.6. The van der Waals surface area contributed by atoms with Crippen molar-refractivity contribution in [1.29, 1.82) is 0 Å². The van der Waals surface area contributed by atoms with Crippen molar-refractivity contribution in [2.24, 2.45) is 5.92 Å². The average Bonchev–Trinajstić information content (AvgIpc) is 3.30. The molecule has 3 aliphatic heterocycles. The van der Waals surface area contributed by atoms with E-state index in [0.29, 0.717) is 15.7 Å². The highest BCUT2D eigenvalue weighted by Gasteiger charge is 2.63. The third-order valence-corrected chi connectivity index (χ3v) is 6.65. The fraction of sp³-hybridized carbons (Fsp3) is 0.333. The average molecular weight is 416 g/mol. The molecule has 7 heteroatoms. The third kappa shape index (κ3) is 2.47. The van der Waals surface area contributed by atoms with E-state index < -0.39 is 12.0 Å². The van der Waals surface area contributed by atoms with Crippen LogP contribution in [0.5, 0.6) is 0 Å². The molecule has 3 aliphatic rings. The van der Waals surface area contributed by atoms with Crippen LogP contribution in [0.15, 0.2) is 42.5 Å². The first-order chi connectivity index (χ1) is 13.5. The van der Waals surface area contributed by atoms with E-state index >= 15 is 0 Å². The van der Waals surface area contributed by atoms with Crippen LogP contribution in [0, 0.1) is 12.8 Å². The van der Waals surface area contributed by atoms with Gasteiger partial charge in [-0.1, -0.05) is 47.0 Å². The van der Waals surface area contributed by atoms with Gasteiger partial charge in [-0.3, -0.25) is 9.59 Å². The molecule has 2 aromatic carbocycles. The molecule has 28 heavy (non-hydrogen) atoms. The highest BCUT2D eigenvalue weighted by atomic mass is 35.5. The van der Waals surface area contributed by atoms with Crippen molar-refractivity contribution in [3.8, 4) is 0 Å². The number of hydrazine groups is 1. The van der Waals surface area contributed by atoms with Crippen LogP contribution in [-0.4, -0.2) is 41.0 Å². The lowest BCUT2D eigenvalue weighted by molar-refractivity contribution is -0.126. The Labute approximate surface area is 173 Å². The number of hydrogen-bond donors (Lipinski definition) is 0. The number of carbonyl (C=O) groups excluding carboxylic acids is 2. The molecular weight excluding hydrogens is 397 g/mol. The van der Waals surface area contributed by atoms with Crippen LogP contribution < -0.4 is 4.90 Å². The molecule has 0 bridgehead atoms. The highest BCUT2D eigenvalue weighted by molar-refractivity contribution is 6.36. The number of imide groups is 1. The van der Waals surface area contributed by atoms with Crippen LogP contribution in [0.1, 0.15) is 23.6 Å². The van der Waals surface area contributed by atoms with Gasteiger partial charge in [-0.05, 0) is 37.6 Å². The SMILES string of the molecule is Cc1ccc(N2C(=O)C3C(C2=O)N2CCCN2C3c2c(Cl)cccc2Cl)cc1. The number of anilines is 1. The van der Waals surface area contributed by atoms with Crippen LogP contribution in [0.3, 0.4) is 0 Å². The molecule has 2 amide bonds. The number of amides is 2. The lowest BCUT2D eigenvalue weighted by Gasteiger charge is -2.30. The fourth-order valence-electron chi connectivity index (χ4n) is 4.80. The van der Waals surface area contributed by atoms with E-state index in [1.165, 1.54) is 4.90 Å². The summed E-state index contributed by atoms with van der Waals surface area (Å²) in [5.41, 5.74) is 2.43. The van der Waals surface area contributed by atoms with Gasteiger partial charge in [0.15, 0.2) is 0 Å². The summed E-state index contributed by atoms with van der Waals surface area (Å²) in [4.78, 5) is 28.2. The van der Waals surface area contributed by atoms with E-state index in [1.54, 1.807) is 18.2 Å². The van der Waals surface area contributed by atoms with E-state index in [9.17, 15) is 9.59 Å². The second kappa shape index (κ2) is 6.56. The Hall–Kier alpha value is -1.92. The maximum atomic E-state index is 13.5. The van der Waals surface area contributed by atoms with Crippen LogP contribution in [0.4, 0.5) is 5.69 Å². The van der Waals surface area contributed by atoms with Gasteiger partial charge in [-0.15, -0.1) is 0 Å². The monoisotopic (exact) mass is 415 g/mol. The summed E-state index contributed by atoms with van der Waals surface area (Å²) in [7, 11) is 0. The fourth-order valence-corrected chi connectivity index (χ4v) is 5.43. The molecule has 5 nitrogen and oxygen atoms in total. The minimum atomic E-state index is -0.522. The molecule has 2 aromatic rings. The van der Waals surface area contributed by atoms with Crippen molar-refractivity contribution < 1.29 is 9.59 Å². The molecular formula is C21H19Cl2N3O2. The van der Waals surface area contributed by atoms with Gasteiger partial charge >= 0.3 is 0 Å². The van der Waals surface area contributed by atoms with E-state index in [2.05, 4.69) is 5.01 Å². The summed E-state index contributed by atoms with van der Waals surface area (Å²) in [6.07, 6.45) is 0.938. The molecule has 3 saturated heterocycles. The minimum absolute atomic E-state index is 0.170. The van der Waals surface area contributed by atoms with Crippen LogP contribution in [0.25, 0.3) is 0 Å². The summed E-state index contributed by atoms with van der Waals surface area (Å²) < 4.78 is 0. The van der Waals surface area contributed by atoms with Crippen molar-refractivity contribution in [2.45, 2.75) is 25.4 Å². The van der Waals surface area contributed by atoms with Gasteiger partial charge in [0.2, 0.25) is 5.91 Å². The predicted octanol–water partition coefficient (Wildman–Crippen LogP) is 3.84. The van der Waals surface area contributed by atoms with Gasteiger partial charge in [0.05, 0.1) is 17.6 Å². The quantitative estimate of drug-likeness (QED) is 0.698. The molecule has 0 aromatic heterocycles. The largest absolute Gasteiger partial charge is 0.274 e. The van der Waals surface area contributed by atoms with Crippen molar-refractivity contribution in [3.63, 3.8) is 0 Å². The zero-order valence-corrected chi connectivity index (χ0v) is 16.8. The lowest BCUT2D eigenvalue weighted by Crippen LogP contribution is -2.44. The van der Waals surface area contributed by atoms with E-state index in [4.69, 9.17) is 23.2 Å². The second-order valence-corrected chi connectivity index (χ2v) is 8.39. The molecule has 3 fully saturated rings.